The second-order valence-electron chi connectivity index (χ2n) is 4.13. The van der Waals surface area contributed by atoms with Crippen molar-refractivity contribution in [2.75, 3.05) is 13.7 Å². The first kappa shape index (κ1) is 14.8. The van der Waals surface area contributed by atoms with E-state index in [0.717, 1.165) is 11.3 Å². The van der Waals surface area contributed by atoms with Crippen molar-refractivity contribution in [3.05, 3.63) is 47.8 Å². The predicted octanol–water partition coefficient (Wildman–Crippen LogP) is 2.24. The summed E-state index contributed by atoms with van der Waals surface area (Å²) in [7, 11) is 1.62. The van der Waals surface area contributed by atoms with Crippen LogP contribution in [0.4, 0.5) is 0 Å². The third-order valence-electron chi connectivity index (χ3n) is 2.68. The van der Waals surface area contributed by atoms with E-state index in [1.807, 2.05) is 24.3 Å². The van der Waals surface area contributed by atoms with Crippen molar-refractivity contribution in [1.82, 2.24) is 10.2 Å². The quantitative estimate of drug-likeness (QED) is 0.759. The molecule has 0 bridgehead atoms. The summed E-state index contributed by atoms with van der Waals surface area (Å²) in [5.41, 5.74) is 1.11. The molecule has 0 aliphatic heterocycles. The van der Waals surface area contributed by atoms with Gasteiger partial charge in [-0.05, 0) is 24.6 Å². The van der Waals surface area contributed by atoms with Gasteiger partial charge in [-0.1, -0.05) is 12.1 Å². The fraction of sp³-hybridized carbons (Fsp3) is 0.267. The molecule has 2 aromatic rings. The van der Waals surface area contributed by atoms with Gasteiger partial charge >= 0.3 is 5.97 Å². The third-order valence-corrected chi connectivity index (χ3v) is 2.68. The van der Waals surface area contributed by atoms with Gasteiger partial charge in [0.25, 0.3) is 0 Å². The van der Waals surface area contributed by atoms with Gasteiger partial charge in [-0.2, -0.15) is 5.10 Å². The van der Waals surface area contributed by atoms with Crippen molar-refractivity contribution in [2.24, 2.45) is 0 Å². The molecule has 0 saturated heterocycles. The van der Waals surface area contributed by atoms with Gasteiger partial charge in [-0.25, -0.2) is 4.79 Å². The first-order valence-corrected chi connectivity index (χ1v) is 6.48. The molecule has 0 unspecified atom stereocenters. The molecular formula is C15H16N2O4. The molecule has 2 rings (SSSR count). The van der Waals surface area contributed by atoms with E-state index in [2.05, 4.69) is 10.2 Å². The van der Waals surface area contributed by atoms with Crippen LogP contribution in [0.3, 0.4) is 0 Å². The van der Waals surface area contributed by atoms with E-state index >= 15 is 0 Å². The minimum absolute atomic E-state index is 0.129. The smallest absolute Gasteiger partial charge is 0.358 e. The van der Waals surface area contributed by atoms with E-state index in [4.69, 9.17) is 14.2 Å². The highest BCUT2D eigenvalue weighted by Crippen LogP contribution is 2.15. The Kier molecular flexibility index (Phi) is 5.09. The molecule has 21 heavy (non-hydrogen) atoms. The lowest BCUT2D eigenvalue weighted by Gasteiger charge is -2.07. The Morgan fingerprint density at radius 1 is 1.19 bits per heavy atom. The van der Waals surface area contributed by atoms with E-state index in [0.29, 0.717) is 12.4 Å². The SMILES string of the molecule is CCOC(=O)c1cc(OCc2ccc(OC)cc2)cnn1. The Morgan fingerprint density at radius 2 is 1.95 bits per heavy atom. The highest BCUT2D eigenvalue weighted by atomic mass is 16.5. The number of nitrogens with zero attached hydrogens (tertiary/aromatic N) is 2. The standard InChI is InChI=1S/C15H16N2O4/c1-3-20-15(18)14-8-13(9-16-17-14)21-10-11-4-6-12(19-2)7-5-11/h4-9H,3,10H2,1-2H3. The van der Waals surface area contributed by atoms with Crippen molar-refractivity contribution in [3.8, 4) is 11.5 Å². The van der Waals surface area contributed by atoms with Gasteiger partial charge in [-0.3, -0.25) is 0 Å². The average molecular weight is 288 g/mol. The van der Waals surface area contributed by atoms with E-state index in [1.165, 1.54) is 12.3 Å². The van der Waals surface area contributed by atoms with Crippen LogP contribution in [0.5, 0.6) is 11.5 Å². The van der Waals surface area contributed by atoms with Crippen molar-refractivity contribution in [3.63, 3.8) is 0 Å². The number of carbonyl (C=O) groups is 1. The summed E-state index contributed by atoms with van der Waals surface area (Å²) >= 11 is 0. The van der Waals surface area contributed by atoms with E-state index in [9.17, 15) is 4.79 Å². The fourth-order valence-electron chi connectivity index (χ4n) is 1.62. The first-order valence-electron chi connectivity index (χ1n) is 6.48. The van der Waals surface area contributed by atoms with Crippen LogP contribution in [0, 0.1) is 0 Å². The van der Waals surface area contributed by atoms with Gasteiger partial charge in [-0.15, -0.1) is 5.10 Å². The number of benzene rings is 1. The molecule has 0 aliphatic rings. The first-order chi connectivity index (χ1) is 10.2. The molecule has 0 N–H and O–H groups in total. The van der Waals surface area contributed by atoms with Crippen LogP contribution in [0.2, 0.25) is 0 Å². The number of hydrogen-bond acceptors (Lipinski definition) is 6. The molecule has 6 nitrogen and oxygen atoms in total. The lowest BCUT2D eigenvalue weighted by atomic mass is 10.2. The van der Waals surface area contributed by atoms with E-state index < -0.39 is 5.97 Å². The molecule has 0 saturated carbocycles. The fourth-order valence-corrected chi connectivity index (χ4v) is 1.62. The Balaban J connectivity index is 1.99. The second kappa shape index (κ2) is 7.23. The normalized spacial score (nSPS) is 10.0. The van der Waals surface area contributed by atoms with Crippen LogP contribution in [-0.4, -0.2) is 29.9 Å². The van der Waals surface area contributed by atoms with E-state index in [-0.39, 0.29) is 12.3 Å². The Hall–Kier alpha value is -2.63. The van der Waals surface area contributed by atoms with Crippen LogP contribution in [0.15, 0.2) is 36.5 Å². The monoisotopic (exact) mass is 288 g/mol. The number of carbonyl (C=O) groups excluding carboxylic acids is 1. The number of ether oxygens (including phenoxy) is 3. The zero-order chi connectivity index (χ0) is 15.1. The van der Waals surface area contributed by atoms with E-state index in [1.54, 1.807) is 14.0 Å². The molecule has 6 heteroatoms. The van der Waals surface area contributed by atoms with Gasteiger partial charge < -0.3 is 14.2 Å². The van der Waals surface area contributed by atoms with Crippen molar-refractivity contribution in [2.45, 2.75) is 13.5 Å². The van der Waals surface area contributed by atoms with Crippen LogP contribution < -0.4 is 9.47 Å². The zero-order valence-electron chi connectivity index (χ0n) is 11.9. The van der Waals surface area contributed by atoms with Gasteiger partial charge in [0.2, 0.25) is 0 Å². The Labute approximate surface area is 122 Å². The lowest BCUT2D eigenvalue weighted by Crippen LogP contribution is -2.08. The molecule has 0 atom stereocenters. The molecule has 0 spiro atoms. The van der Waals surface area contributed by atoms with Gasteiger partial charge in [0.05, 0.1) is 19.9 Å². The maximum absolute atomic E-state index is 11.5. The summed E-state index contributed by atoms with van der Waals surface area (Å²) in [6, 6.07) is 9.02. The molecule has 1 heterocycles. The molecule has 0 radical (unpaired) electrons. The Morgan fingerprint density at radius 3 is 2.62 bits per heavy atom. The molecule has 0 aliphatic carbocycles. The topological polar surface area (TPSA) is 70.5 Å². The largest absolute Gasteiger partial charge is 0.497 e. The minimum Gasteiger partial charge on any atom is -0.497 e. The zero-order valence-corrected chi connectivity index (χ0v) is 11.9. The van der Waals surface area contributed by atoms with Gasteiger partial charge in [0.15, 0.2) is 5.69 Å². The molecule has 1 aromatic heterocycles. The summed E-state index contributed by atoms with van der Waals surface area (Å²) in [4.78, 5) is 11.5. The molecule has 0 amide bonds. The molecule has 1 aromatic carbocycles. The van der Waals surface area contributed by atoms with Crippen LogP contribution in [0.1, 0.15) is 23.0 Å². The summed E-state index contributed by atoms with van der Waals surface area (Å²) < 4.78 is 15.5. The summed E-state index contributed by atoms with van der Waals surface area (Å²) in [5, 5.41) is 7.45. The highest BCUT2D eigenvalue weighted by molar-refractivity contribution is 5.87. The number of hydrogen-bond donors (Lipinski definition) is 0. The molecule has 0 fully saturated rings. The van der Waals surface area contributed by atoms with Crippen molar-refractivity contribution in [1.29, 1.82) is 0 Å². The second-order valence-corrected chi connectivity index (χ2v) is 4.13. The molecule has 110 valence electrons. The van der Waals surface area contributed by atoms with Crippen LogP contribution >= 0.6 is 0 Å². The Bertz CT molecular complexity index is 599. The average Bonchev–Trinajstić information content (AvgIpc) is 2.54. The molecular weight excluding hydrogens is 272 g/mol. The summed E-state index contributed by atoms with van der Waals surface area (Å²) in [6.07, 6.45) is 1.45. The number of aromatic nitrogens is 2. The van der Waals surface area contributed by atoms with Crippen LogP contribution in [-0.2, 0) is 11.3 Å². The summed E-state index contributed by atoms with van der Waals surface area (Å²) in [5.74, 6) is 0.734. The predicted molar refractivity (Wildman–Crippen MR) is 75.3 cm³/mol. The van der Waals surface area contributed by atoms with Crippen molar-refractivity contribution >= 4 is 5.97 Å². The number of rotatable bonds is 6. The van der Waals surface area contributed by atoms with Crippen LogP contribution in [0.25, 0.3) is 0 Å². The van der Waals surface area contributed by atoms with Gasteiger partial charge in [0.1, 0.15) is 18.1 Å². The number of methoxy groups -OCH3 is 1. The maximum Gasteiger partial charge on any atom is 0.358 e. The minimum atomic E-state index is -0.514. The third kappa shape index (κ3) is 4.17. The maximum atomic E-state index is 11.5. The summed E-state index contributed by atoms with van der Waals surface area (Å²) in [6.45, 7) is 2.38. The lowest BCUT2D eigenvalue weighted by molar-refractivity contribution is 0.0517. The number of esters is 1. The van der Waals surface area contributed by atoms with Gasteiger partial charge in [0, 0.05) is 6.07 Å². The van der Waals surface area contributed by atoms with Crippen molar-refractivity contribution < 1.29 is 19.0 Å². The highest BCUT2D eigenvalue weighted by Gasteiger charge is 2.10.